The van der Waals surface area contributed by atoms with E-state index < -0.39 is 11.4 Å². The molecule has 1 N–H and O–H groups in total. The number of likely N-dealkylation sites (tertiary alicyclic amines) is 1. The van der Waals surface area contributed by atoms with Crippen molar-refractivity contribution in [1.82, 2.24) is 9.88 Å². The van der Waals surface area contributed by atoms with Gasteiger partial charge in [0.15, 0.2) is 0 Å². The molecule has 1 saturated heterocycles. The number of piperidine rings is 1. The number of rotatable bonds is 5. The summed E-state index contributed by atoms with van der Waals surface area (Å²) in [6.07, 6.45) is 2.08. The predicted molar refractivity (Wildman–Crippen MR) is 97.5 cm³/mol. The molecule has 3 rings (SSSR count). The summed E-state index contributed by atoms with van der Waals surface area (Å²) in [5.74, 6) is 1.26. The molecule has 0 unspecified atom stereocenters. The first-order chi connectivity index (χ1) is 12.3. The van der Waals surface area contributed by atoms with Crippen LogP contribution in [0.4, 0.5) is 4.39 Å². The van der Waals surface area contributed by atoms with Gasteiger partial charge in [0, 0.05) is 19.2 Å². The summed E-state index contributed by atoms with van der Waals surface area (Å²) < 4.78 is 25.0. The van der Waals surface area contributed by atoms with Crippen LogP contribution < -0.4 is 4.74 Å². The lowest BCUT2D eigenvalue weighted by Gasteiger charge is -2.38. The molecule has 1 fully saturated rings. The molecule has 26 heavy (non-hydrogen) atoms. The number of hydrogen-bond donors (Lipinski definition) is 1. The number of nitrogens with zero attached hydrogens (tertiary/aromatic N) is 2. The van der Waals surface area contributed by atoms with Crippen LogP contribution in [0.5, 0.6) is 5.75 Å². The van der Waals surface area contributed by atoms with E-state index in [0.29, 0.717) is 23.6 Å². The fourth-order valence-corrected chi connectivity index (χ4v) is 3.47. The van der Waals surface area contributed by atoms with Gasteiger partial charge < -0.3 is 14.3 Å². The number of methoxy groups -OCH3 is 1. The topological polar surface area (TPSA) is 58.7 Å². The molecule has 2 heterocycles. The van der Waals surface area contributed by atoms with E-state index in [2.05, 4.69) is 9.88 Å². The van der Waals surface area contributed by atoms with Gasteiger partial charge >= 0.3 is 0 Å². The van der Waals surface area contributed by atoms with Crippen molar-refractivity contribution < 1.29 is 18.7 Å². The Morgan fingerprint density at radius 2 is 2.19 bits per heavy atom. The van der Waals surface area contributed by atoms with Crippen LogP contribution in [0.3, 0.4) is 0 Å². The van der Waals surface area contributed by atoms with E-state index in [0.717, 1.165) is 31.6 Å². The number of benzene rings is 1. The second-order valence-corrected chi connectivity index (χ2v) is 7.60. The van der Waals surface area contributed by atoms with Crippen LogP contribution in [-0.2, 0) is 6.54 Å². The Hall–Kier alpha value is -1.92. The van der Waals surface area contributed by atoms with Crippen molar-refractivity contribution in [2.45, 2.75) is 45.8 Å². The van der Waals surface area contributed by atoms with E-state index in [4.69, 9.17) is 9.15 Å². The molecule has 1 aromatic heterocycles. The monoisotopic (exact) mass is 362 g/mol. The third-order valence-electron chi connectivity index (χ3n) is 5.18. The summed E-state index contributed by atoms with van der Waals surface area (Å²) in [6.45, 7) is 8.01. The summed E-state index contributed by atoms with van der Waals surface area (Å²) in [7, 11) is 1.50. The molecule has 2 aromatic rings. The van der Waals surface area contributed by atoms with Crippen molar-refractivity contribution in [1.29, 1.82) is 0 Å². The Kier molecular flexibility index (Phi) is 5.34. The van der Waals surface area contributed by atoms with Gasteiger partial charge in [-0.25, -0.2) is 9.37 Å². The zero-order valence-electron chi connectivity index (χ0n) is 15.9. The number of aromatic nitrogens is 1. The standard InChI is InChI=1S/C20H27FN2O3/c1-13-18(12-23-9-5-6-14(11-23)20(2,3)24)22-19(26-13)16-8-7-15(25-4)10-17(16)21/h7-8,10,14,24H,5-6,9,11-12H2,1-4H3/t14-/m1/s1. The maximum absolute atomic E-state index is 14.3. The van der Waals surface area contributed by atoms with Gasteiger partial charge in [0.1, 0.15) is 17.3 Å². The van der Waals surface area contributed by atoms with Crippen LogP contribution in [0.25, 0.3) is 11.5 Å². The highest BCUT2D eigenvalue weighted by molar-refractivity contribution is 5.56. The van der Waals surface area contributed by atoms with Gasteiger partial charge in [0.05, 0.1) is 24.0 Å². The van der Waals surface area contributed by atoms with Crippen LogP contribution in [-0.4, -0.2) is 40.8 Å². The molecule has 142 valence electrons. The number of hydrogen-bond acceptors (Lipinski definition) is 5. The van der Waals surface area contributed by atoms with Crippen molar-refractivity contribution in [3.8, 4) is 17.2 Å². The van der Waals surface area contributed by atoms with Crippen molar-refractivity contribution in [2.24, 2.45) is 5.92 Å². The molecule has 0 aliphatic carbocycles. The molecule has 1 aliphatic heterocycles. The van der Waals surface area contributed by atoms with Gasteiger partial charge in [-0.2, -0.15) is 0 Å². The van der Waals surface area contributed by atoms with Crippen molar-refractivity contribution >= 4 is 0 Å². The van der Waals surface area contributed by atoms with Crippen molar-refractivity contribution in [2.75, 3.05) is 20.2 Å². The van der Waals surface area contributed by atoms with E-state index in [9.17, 15) is 9.50 Å². The van der Waals surface area contributed by atoms with E-state index in [1.54, 1.807) is 12.1 Å². The smallest absolute Gasteiger partial charge is 0.229 e. The minimum absolute atomic E-state index is 0.238. The third kappa shape index (κ3) is 4.07. The van der Waals surface area contributed by atoms with Crippen LogP contribution in [0, 0.1) is 18.7 Å². The quantitative estimate of drug-likeness (QED) is 0.877. The number of aliphatic hydroxyl groups is 1. The third-order valence-corrected chi connectivity index (χ3v) is 5.18. The minimum Gasteiger partial charge on any atom is -0.497 e. The second-order valence-electron chi connectivity index (χ2n) is 7.60. The highest BCUT2D eigenvalue weighted by Crippen LogP contribution is 2.30. The van der Waals surface area contributed by atoms with Crippen molar-refractivity contribution in [3.05, 3.63) is 35.5 Å². The maximum Gasteiger partial charge on any atom is 0.229 e. The Bertz CT molecular complexity index is 767. The summed E-state index contributed by atoms with van der Waals surface area (Å²) in [5.41, 5.74) is 0.453. The first kappa shape index (κ1) is 18.9. The molecule has 0 radical (unpaired) electrons. The van der Waals surface area contributed by atoms with Gasteiger partial charge in [0.25, 0.3) is 0 Å². The summed E-state index contributed by atoms with van der Waals surface area (Å²) in [4.78, 5) is 6.81. The Morgan fingerprint density at radius 1 is 1.42 bits per heavy atom. The van der Waals surface area contributed by atoms with E-state index >= 15 is 0 Å². The van der Waals surface area contributed by atoms with Gasteiger partial charge in [-0.1, -0.05) is 0 Å². The highest BCUT2D eigenvalue weighted by atomic mass is 19.1. The van der Waals surface area contributed by atoms with E-state index in [1.807, 2.05) is 20.8 Å². The highest BCUT2D eigenvalue weighted by Gasteiger charge is 2.31. The summed E-state index contributed by atoms with van der Waals surface area (Å²) in [6, 6.07) is 4.64. The number of halogens is 1. The van der Waals surface area contributed by atoms with Gasteiger partial charge in [-0.15, -0.1) is 0 Å². The summed E-state index contributed by atoms with van der Waals surface area (Å²) in [5, 5.41) is 10.3. The zero-order chi connectivity index (χ0) is 18.9. The van der Waals surface area contributed by atoms with Crippen LogP contribution >= 0.6 is 0 Å². The molecular weight excluding hydrogens is 335 g/mol. The van der Waals surface area contributed by atoms with Crippen LogP contribution in [0.15, 0.2) is 22.6 Å². The molecule has 1 aliphatic rings. The molecule has 0 bridgehead atoms. The van der Waals surface area contributed by atoms with Gasteiger partial charge in [-0.3, -0.25) is 4.90 Å². The van der Waals surface area contributed by atoms with Gasteiger partial charge in [-0.05, 0) is 58.2 Å². The first-order valence-corrected chi connectivity index (χ1v) is 9.03. The lowest BCUT2D eigenvalue weighted by molar-refractivity contribution is -0.0200. The molecule has 0 saturated carbocycles. The Morgan fingerprint density at radius 3 is 2.85 bits per heavy atom. The number of aryl methyl sites for hydroxylation is 1. The fraction of sp³-hybridized carbons (Fsp3) is 0.550. The molecule has 0 spiro atoms. The fourth-order valence-electron chi connectivity index (χ4n) is 3.47. The maximum atomic E-state index is 14.3. The molecular formula is C20H27FN2O3. The lowest BCUT2D eigenvalue weighted by atomic mass is 9.84. The minimum atomic E-state index is -0.686. The zero-order valence-corrected chi connectivity index (χ0v) is 15.9. The van der Waals surface area contributed by atoms with E-state index in [1.165, 1.54) is 13.2 Å². The number of oxazole rings is 1. The molecule has 1 atom stereocenters. The number of ether oxygens (including phenoxy) is 1. The second kappa shape index (κ2) is 7.37. The van der Waals surface area contributed by atoms with Crippen molar-refractivity contribution in [3.63, 3.8) is 0 Å². The molecule has 1 aromatic carbocycles. The average Bonchev–Trinajstić information content (AvgIpc) is 2.94. The van der Waals surface area contributed by atoms with Crippen LogP contribution in [0.1, 0.15) is 38.1 Å². The van der Waals surface area contributed by atoms with E-state index in [-0.39, 0.29) is 11.8 Å². The average molecular weight is 362 g/mol. The van der Waals surface area contributed by atoms with Gasteiger partial charge in [0.2, 0.25) is 5.89 Å². The SMILES string of the molecule is COc1ccc(-c2nc(CN3CCC[C@@H](C(C)(C)O)C3)c(C)o2)c(F)c1. The first-order valence-electron chi connectivity index (χ1n) is 9.03. The lowest BCUT2D eigenvalue weighted by Crippen LogP contribution is -2.44. The largest absolute Gasteiger partial charge is 0.497 e. The molecule has 0 amide bonds. The summed E-state index contributed by atoms with van der Waals surface area (Å²) >= 11 is 0. The normalized spacial score (nSPS) is 18.9. The van der Waals surface area contributed by atoms with Crippen LogP contribution in [0.2, 0.25) is 0 Å². The molecule has 6 heteroatoms. The molecule has 5 nitrogen and oxygen atoms in total. The Balaban J connectivity index is 1.76. The predicted octanol–water partition coefficient (Wildman–Crippen LogP) is 3.78. The Labute approximate surface area is 153 Å².